The minimum Gasteiger partial charge on any atom is -0.370 e. The van der Waals surface area contributed by atoms with Crippen LogP contribution in [0.5, 0.6) is 0 Å². The van der Waals surface area contributed by atoms with Crippen LogP contribution in [0.15, 0.2) is 0 Å². The molecule has 0 radical (unpaired) electrons. The number of hydrogen-bond donors (Lipinski definition) is 1. The number of carbonyl (C=O) groups is 1. The van der Waals surface area contributed by atoms with E-state index in [-0.39, 0.29) is 17.6 Å². The lowest BCUT2D eigenvalue weighted by molar-refractivity contribution is -0.142. The molecule has 24 heavy (non-hydrogen) atoms. The van der Waals surface area contributed by atoms with Crippen molar-refractivity contribution in [3.05, 3.63) is 10.6 Å². The van der Waals surface area contributed by atoms with E-state index in [0.717, 1.165) is 45.5 Å². The van der Waals surface area contributed by atoms with Crippen molar-refractivity contribution in [1.29, 1.82) is 0 Å². The molecule has 2 heterocycles. The molecule has 1 saturated heterocycles. The monoisotopic (exact) mass is 352 g/mol. The zero-order valence-electron chi connectivity index (χ0n) is 14.9. The quantitative estimate of drug-likeness (QED) is 0.900. The van der Waals surface area contributed by atoms with E-state index in [1.807, 2.05) is 6.92 Å². The number of carbonyl (C=O) groups excluding carboxylic acids is 1. The lowest BCUT2D eigenvalue weighted by Crippen LogP contribution is -2.64. The molecule has 134 valence electrons. The van der Waals surface area contributed by atoms with Crippen LogP contribution in [0.4, 0.5) is 0 Å². The topological polar surface area (TPSA) is 67.4 Å². The number of aromatic nitrogens is 2. The molecule has 1 aliphatic heterocycles. The summed E-state index contributed by atoms with van der Waals surface area (Å²) < 4.78 is 10.2. The third-order valence-corrected chi connectivity index (χ3v) is 5.88. The van der Waals surface area contributed by atoms with Crippen LogP contribution < -0.4 is 5.32 Å². The number of hydrogen-bond acceptors (Lipinski definition) is 6. The van der Waals surface area contributed by atoms with Crippen LogP contribution >= 0.6 is 11.5 Å². The van der Waals surface area contributed by atoms with Gasteiger partial charge in [-0.1, -0.05) is 31.2 Å². The van der Waals surface area contributed by atoms with Crippen molar-refractivity contribution in [2.45, 2.75) is 58.1 Å². The maximum atomic E-state index is 12.6. The summed E-state index contributed by atoms with van der Waals surface area (Å²) in [5.74, 6) is 0.584. The zero-order valence-corrected chi connectivity index (χ0v) is 15.7. The first kappa shape index (κ1) is 17.8. The number of ether oxygens (including phenoxy) is 1. The molecule has 1 spiro atoms. The molecule has 1 N–H and O–H groups in total. The van der Waals surface area contributed by atoms with Crippen molar-refractivity contribution < 1.29 is 9.53 Å². The molecule has 3 rings (SSSR count). The largest absolute Gasteiger partial charge is 0.370 e. The van der Waals surface area contributed by atoms with E-state index in [2.05, 4.69) is 33.7 Å². The molecule has 2 aliphatic rings. The van der Waals surface area contributed by atoms with Gasteiger partial charge in [-0.15, -0.1) is 5.10 Å². The Bertz CT molecular complexity index is 573. The van der Waals surface area contributed by atoms with E-state index in [4.69, 9.17) is 4.74 Å². The van der Waals surface area contributed by atoms with Crippen molar-refractivity contribution in [1.82, 2.24) is 19.8 Å². The van der Waals surface area contributed by atoms with Gasteiger partial charge in [0.25, 0.3) is 5.91 Å². The van der Waals surface area contributed by atoms with Crippen molar-refractivity contribution in [3.63, 3.8) is 0 Å². The van der Waals surface area contributed by atoms with Gasteiger partial charge in [0.1, 0.15) is 10.5 Å². The normalized spacial score (nSPS) is 28.4. The van der Waals surface area contributed by atoms with Crippen molar-refractivity contribution in [2.75, 3.05) is 26.2 Å². The lowest BCUT2D eigenvalue weighted by Gasteiger charge is -2.50. The molecule has 7 heteroatoms. The molecule has 2 atom stereocenters. The molecular weight excluding hydrogens is 324 g/mol. The van der Waals surface area contributed by atoms with E-state index < -0.39 is 0 Å². The molecule has 0 unspecified atom stereocenters. The minimum absolute atomic E-state index is 0.0571. The maximum absolute atomic E-state index is 12.6. The molecule has 1 aliphatic carbocycles. The van der Waals surface area contributed by atoms with Crippen molar-refractivity contribution in [3.8, 4) is 0 Å². The third-order valence-electron chi connectivity index (χ3n) is 5.05. The highest BCUT2D eigenvalue weighted by Gasteiger charge is 2.46. The van der Waals surface area contributed by atoms with Gasteiger partial charge >= 0.3 is 0 Å². The molecule has 1 aromatic heterocycles. The van der Waals surface area contributed by atoms with E-state index in [9.17, 15) is 4.79 Å². The zero-order chi connectivity index (χ0) is 17.2. The van der Waals surface area contributed by atoms with Gasteiger partial charge in [-0.25, -0.2) is 0 Å². The molecule has 2 fully saturated rings. The van der Waals surface area contributed by atoms with Gasteiger partial charge in [-0.3, -0.25) is 9.69 Å². The Morgan fingerprint density at radius 3 is 3.04 bits per heavy atom. The Morgan fingerprint density at radius 1 is 1.50 bits per heavy atom. The van der Waals surface area contributed by atoms with E-state index in [1.165, 1.54) is 18.0 Å². The number of nitrogens with one attached hydrogen (secondary N) is 1. The van der Waals surface area contributed by atoms with E-state index in [1.54, 1.807) is 0 Å². The fraction of sp³-hybridized carbons (Fsp3) is 0.824. The first-order valence-corrected chi connectivity index (χ1v) is 9.73. The van der Waals surface area contributed by atoms with E-state index >= 15 is 0 Å². The maximum Gasteiger partial charge on any atom is 0.265 e. The van der Waals surface area contributed by atoms with Gasteiger partial charge in [0.05, 0.1) is 18.3 Å². The average Bonchev–Trinajstić information content (AvgIpc) is 2.95. The van der Waals surface area contributed by atoms with Crippen LogP contribution in [0.25, 0.3) is 0 Å². The average molecular weight is 353 g/mol. The molecule has 1 aromatic rings. The summed E-state index contributed by atoms with van der Waals surface area (Å²) >= 11 is 1.17. The summed E-state index contributed by atoms with van der Waals surface area (Å²) in [5.41, 5.74) is 0.459. The van der Waals surface area contributed by atoms with Crippen LogP contribution in [0, 0.1) is 12.8 Å². The van der Waals surface area contributed by atoms with Crippen LogP contribution in [-0.4, -0.2) is 58.3 Å². The first-order valence-electron chi connectivity index (χ1n) is 8.96. The number of rotatable bonds is 4. The van der Waals surface area contributed by atoms with Gasteiger partial charge in [0, 0.05) is 19.6 Å². The van der Waals surface area contributed by atoms with Crippen molar-refractivity contribution in [2.24, 2.45) is 5.92 Å². The number of nitrogens with zero attached hydrogens (tertiary/aromatic N) is 3. The molecule has 1 amide bonds. The SMILES string of the molecule is Cc1nnsc1C(=O)N[C@H]1CCCC[C@]12CN(CC(C)C)CCO2. The molecule has 1 saturated carbocycles. The third kappa shape index (κ3) is 3.78. The van der Waals surface area contributed by atoms with Crippen LogP contribution in [0.2, 0.25) is 0 Å². The number of aryl methyl sites for hydroxylation is 1. The van der Waals surface area contributed by atoms with Crippen LogP contribution in [0.3, 0.4) is 0 Å². The summed E-state index contributed by atoms with van der Waals surface area (Å²) in [6, 6.07) is 0.0650. The second-order valence-electron chi connectivity index (χ2n) is 7.50. The fourth-order valence-corrected chi connectivity index (χ4v) is 4.55. The van der Waals surface area contributed by atoms with Gasteiger partial charge in [-0.2, -0.15) is 0 Å². The summed E-state index contributed by atoms with van der Waals surface area (Å²) in [7, 11) is 0. The molecule has 6 nitrogen and oxygen atoms in total. The molecular formula is C17H28N4O2S. The Labute approximate surface area is 148 Å². The second kappa shape index (κ2) is 7.45. The highest BCUT2D eigenvalue weighted by atomic mass is 32.1. The summed E-state index contributed by atoms with van der Waals surface area (Å²) in [5, 5.41) is 7.18. The van der Waals surface area contributed by atoms with Gasteiger partial charge in [-0.05, 0) is 37.2 Å². The van der Waals surface area contributed by atoms with Gasteiger partial charge in [0.15, 0.2) is 0 Å². The fourth-order valence-electron chi connectivity index (χ4n) is 3.99. The summed E-state index contributed by atoms with van der Waals surface area (Å²) in [6.45, 7) is 10.1. The Hall–Kier alpha value is -1.05. The molecule has 0 bridgehead atoms. The summed E-state index contributed by atoms with van der Waals surface area (Å²) in [6.07, 6.45) is 4.31. The predicted molar refractivity (Wildman–Crippen MR) is 94.3 cm³/mol. The minimum atomic E-state index is -0.243. The Kier molecular flexibility index (Phi) is 5.52. The lowest BCUT2D eigenvalue weighted by atomic mass is 9.78. The van der Waals surface area contributed by atoms with Gasteiger partial charge < -0.3 is 10.1 Å². The molecule has 0 aromatic carbocycles. The van der Waals surface area contributed by atoms with E-state index in [0.29, 0.717) is 16.5 Å². The standard InChI is InChI=1S/C17H28N4O2S/c1-12(2)10-21-8-9-23-17(11-21)7-5-4-6-14(17)18-16(22)15-13(3)19-20-24-15/h12,14H,4-11H2,1-3H3,(H,18,22)/t14-,17-/m0/s1. The Balaban J connectivity index is 1.73. The first-order chi connectivity index (χ1) is 11.5. The second-order valence-corrected chi connectivity index (χ2v) is 8.26. The Morgan fingerprint density at radius 2 is 2.33 bits per heavy atom. The van der Waals surface area contributed by atoms with Gasteiger partial charge in [0.2, 0.25) is 0 Å². The predicted octanol–water partition coefficient (Wildman–Crippen LogP) is 2.25. The highest BCUT2D eigenvalue weighted by Crippen LogP contribution is 2.35. The number of morpholine rings is 1. The van der Waals surface area contributed by atoms with Crippen LogP contribution in [0.1, 0.15) is 54.9 Å². The van der Waals surface area contributed by atoms with Crippen molar-refractivity contribution >= 4 is 17.4 Å². The summed E-state index contributed by atoms with van der Waals surface area (Å²) in [4.78, 5) is 15.7. The highest BCUT2D eigenvalue weighted by molar-refractivity contribution is 7.08. The van der Waals surface area contributed by atoms with Crippen LogP contribution in [-0.2, 0) is 4.74 Å². The smallest absolute Gasteiger partial charge is 0.265 e. The number of amides is 1.